The summed E-state index contributed by atoms with van der Waals surface area (Å²) in [5.41, 5.74) is 2.32. The lowest BCUT2D eigenvalue weighted by molar-refractivity contribution is 0.170. The summed E-state index contributed by atoms with van der Waals surface area (Å²) < 4.78 is 10.8. The van der Waals surface area contributed by atoms with Crippen LogP contribution in [0.4, 0.5) is 0 Å². The van der Waals surface area contributed by atoms with Gasteiger partial charge in [-0.15, -0.1) is 0 Å². The number of hydrogen-bond donors (Lipinski definition) is 1. The zero-order chi connectivity index (χ0) is 15.7. The van der Waals surface area contributed by atoms with Crippen molar-refractivity contribution in [3.63, 3.8) is 0 Å². The number of ether oxygens (including phenoxy) is 2. The first-order chi connectivity index (χ1) is 9.97. The Kier molecular flexibility index (Phi) is 7.68. The van der Waals surface area contributed by atoms with Gasteiger partial charge in [0.05, 0.1) is 12.3 Å². The van der Waals surface area contributed by atoms with Gasteiger partial charge in [0.2, 0.25) is 5.88 Å². The van der Waals surface area contributed by atoms with Gasteiger partial charge < -0.3 is 14.8 Å². The average molecular weight is 294 g/mol. The van der Waals surface area contributed by atoms with E-state index in [4.69, 9.17) is 9.47 Å². The van der Waals surface area contributed by atoms with E-state index in [0.717, 1.165) is 31.6 Å². The van der Waals surface area contributed by atoms with E-state index in [0.29, 0.717) is 19.1 Å². The van der Waals surface area contributed by atoms with Crippen molar-refractivity contribution in [2.75, 3.05) is 26.9 Å². The van der Waals surface area contributed by atoms with Crippen LogP contribution in [0.2, 0.25) is 0 Å². The molecule has 0 unspecified atom stereocenters. The van der Waals surface area contributed by atoms with Gasteiger partial charge in [-0.3, -0.25) is 0 Å². The van der Waals surface area contributed by atoms with Crippen molar-refractivity contribution in [1.82, 2.24) is 10.3 Å². The smallest absolute Gasteiger partial charge is 0.213 e. The Morgan fingerprint density at radius 1 is 1.19 bits per heavy atom. The summed E-state index contributed by atoms with van der Waals surface area (Å²) in [4.78, 5) is 4.64. The highest BCUT2D eigenvalue weighted by atomic mass is 16.5. The van der Waals surface area contributed by atoms with Crippen LogP contribution in [0.1, 0.15) is 51.8 Å². The van der Waals surface area contributed by atoms with Crippen molar-refractivity contribution in [3.05, 3.63) is 23.4 Å². The average Bonchev–Trinajstić information content (AvgIpc) is 2.43. The van der Waals surface area contributed by atoms with Crippen LogP contribution in [0, 0.1) is 0 Å². The quantitative estimate of drug-likeness (QED) is 0.710. The lowest BCUT2D eigenvalue weighted by atomic mass is 9.91. The first-order valence-corrected chi connectivity index (χ1v) is 7.81. The Morgan fingerprint density at radius 2 is 1.95 bits per heavy atom. The Morgan fingerprint density at radius 3 is 2.57 bits per heavy atom. The second kappa shape index (κ2) is 9.00. The van der Waals surface area contributed by atoms with Gasteiger partial charge >= 0.3 is 0 Å². The lowest BCUT2D eigenvalue weighted by Crippen LogP contribution is -2.18. The molecule has 0 bridgehead atoms. The third kappa shape index (κ3) is 6.91. The molecule has 0 aromatic carbocycles. The maximum atomic E-state index is 5.77. The van der Waals surface area contributed by atoms with E-state index < -0.39 is 0 Å². The Bertz CT molecular complexity index is 414. The van der Waals surface area contributed by atoms with E-state index >= 15 is 0 Å². The molecule has 21 heavy (non-hydrogen) atoms. The van der Waals surface area contributed by atoms with Crippen LogP contribution in [-0.4, -0.2) is 31.9 Å². The normalized spacial score (nSPS) is 11.7. The van der Waals surface area contributed by atoms with Gasteiger partial charge in [0.1, 0.15) is 0 Å². The minimum atomic E-state index is 0.0193. The van der Waals surface area contributed by atoms with Crippen molar-refractivity contribution in [2.45, 2.75) is 52.5 Å². The van der Waals surface area contributed by atoms with Gasteiger partial charge in [-0.1, -0.05) is 27.7 Å². The standard InChI is InChI=1S/C17H30N2O2/c1-6-8-18-13-14-11-15(17(2,3)4)19-16(12-14)21-10-7-9-20-5/h11-12,18H,6-10,13H2,1-5H3. The van der Waals surface area contributed by atoms with Crippen LogP contribution in [0.25, 0.3) is 0 Å². The molecule has 0 saturated heterocycles. The topological polar surface area (TPSA) is 43.4 Å². The molecule has 0 atom stereocenters. The van der Waals surface area contributed by atoms with Crippen LogP contribution < -0.4 is 10.1 Å². The Labute approximate surface area is 129 Å². The summed E-state index contributed by atoms with van der Waals surface area (Å²) >= 11 is 0. The molecule has 0 saturated carbocycles. The van der Waals surface area contributed by atoms with Crippen LogP contribution in [-0.2, 0) is 16.7 Å². The third-order valence-electron chi connectivity index (χ3n) is 3.13. The fourth-order valence-corrected chi connectivity index (χ4v) is 1.91. The van der Waals surface area contributed by atoms with E-state index in [9.17, 15) is 0 Å². The number of hydrogen-bond acceptors (Lipinski definition) is 4. The lowest BCUT2D eigenvalue weighted by Gasteiger charge is -2.20. The Hall–Kier alpha value is -1.13. The Balaban J connectivity index is 2.77. The van der Waals surface area contributed by atoms with Gasteiger partial charge in [-0.05, 0) is 24.6 Å². The van der Waals surface area contributed by atoms with E-state index in [1.807, 2.05) is 6.07 Å². The van der Waals surface area contributed by atoms with Gasteiger partial charge in [-0.25, -0.2) is 4.98 Å². The van der Waals surface area contributed by atoms with E-state index in [-0.39, 0.29) is 5.41 Å². The highest BCUT2D eigenvalue weighted by Gasteiger charge is 2.17. The van der Waals surface area contributed by atoms with Crippen LogP contribution in [0.15, 0.2) is 12.1 Å². The van der Waals surface area contributed by atoms with Crippen LogP contribution in [0.5, 0.6) is 5.88 Å². The molecule has 0 amide bonds. The van der Waals surface area contributed by atoms with Crippen LogP contribution in [0.3, 0.4) is 0 Å². The number of methoxy groups -OCH3 is 1. The molecule has 0 spiro atoms. The number of pyridine rings is 1. The van der Waals surface area contributed by atoms with Crippen molar-refractivity contribution in [1.29, 1.82) is 0 Å². The highest BCUT2D eigenvalue weighted by molar-refractivity contribution is 5.28. The molecule has 4 nitrogen and oxygen atoms in total. The third-order valence-corrected chi connectivity index (χ3v) is 3.13. The molecule has 120 valence electrons. The molecule has 1 heterocycles. The fraction of sp³-hybridized carbons (Fsp3) is 0.706. The first kappa shape index (κ1) is 17.9. The van der Waals surface area contributed by atoms with Gasteiger partial charge in [-0.2, -0.15) is 0 Å². The minimum Gasteiger partial charge on any atom is -0.478 e. The molecule has 0 aliphatic heterocycles. The predicted octanol–water partition coefficient (Wildman–Crippen LogP) is 3.29. The van der Waals surface area contributed by atoms with Gasteiger partial charge in [0.15, 0.2) is 0 Å². The van der Waals surface area contributed by atoms with E-state index in [2.05, 4.69) is 44.1 Å². The monoisotopic (exact) mass is 294 g/mol. The SMILES string of the molecule is CCCNCc1cc(OCCCOC)nc(C(C)(C)C)c1. The maximum Gasteiger partial charge on any atom is 0.213 e. The summed E-state index contributed by atoms with van der Waals surface area (Å²) in [7, 11) is 1.70. The number of nitrogens with zero attached hydrogens (tertiary/aromatic N) is 1. The van der Waals surface area contributed by atoms with Gasteiger partial charge in [0, 0.05) is 38.2 Å². The van der Waals surface area contributed by atoms with Gasteiger partial charge in [0.25, 0.3) is 0 Å². The molecule has 1 N–H and O–H groups in total. The zero-order valence-electron chi connectivity index (χ0n) is 14.2. The molecule has 1 aromatic heterocycles. The number of rotatable bonds is 9. The molecular formula is C17H30N2O2. The largest absolute Gasteiger partial charge is 0.478 e. The number of nitrogens with one attached hydrogen (secondary N) is 1. The molecule has 0 aliphatic carbocycles. The molecule has 1 aromatic rings. The summed E-state index contributed by atoms with van der Waals surface area (Å²) in [6.45, 7) is 11.9. The second-order valence-electron chi connectivity index (χ2n) is 6.32. The molecule has 0 fully saturated rings. The summed E-state index contributed by atoms with van der Waals surface area (Å²) in [6, 6.07) is 4.20. The summed E-state index contributed by atoms with van der Waals surface area (Å²) in [6.07, 6.45) is 2.01. The number of aromatic nitrogens is 1. The summed E-state index contributed by atoms with van der Waals surface area (Å²) in [5, 5.41) is 3.43. The molecule has 1 rings (SSSR count). The van der Waals surface area contributed by atoms with Crippen LogP contribution >= 0.6 is 0 Å². The van der Waals surface area contributed by atoms with Crippen molar-refractivity contribution >= 4 is 0 Å². The molecule has 0 aliphatic rings. The van der Waals surface area contributed by atoms with Crippen molar-refractivity contribution in [3.8, 4) is 5.88 Å². The zero-order valence-corrected chi connectivity index (χ0v) is 14.2. The highest BCUT2D eigenvalue weighted by Crippen LogP contribution is 2.24. The fourth-order valence-electron chi connectivity index (χ4n) is 1.91. The first-order valence-electron chi connectivity index (χ1n) is 7.81. The maximum absolute atomic E-state index is 5.77. The molecular weight excluding hydrogens is 264 g/mol. The second-order valence-corrected chi connectivity index (χ2v) is 6.32. The summed E-state index contributed by atoms with van der Waals surface area (Å²) in [5.74, 6) is 0.715. The predicted molar refractivity (Wildman–Crippen MR) is 86.9 cm³/mol. The molecule has 0 radical (unpaired) electrons. The van der Waals surface area contributed by atoms with Crippen molar-refractivity contribution in [2.24, 2.45) is 0 Å². The van der Waals surface area contributed by atoms with E-state index in [1.165, 1.54) is 5.56 Å². The van der Waals surface area contributed by atoms with E-state index in [1.54, 1.807) is 7.11 Å². The molecule has 4 heteroatoms. The minimum absolute atomic E-state index is 0.0193. The van der Waals surface area contributed by atoms with Crippen molar-refractivity contribution < 1.29 is 9.47 Å².